The summed E-state index contributed by atoms with van der Waals surface area (Å²) in [6.45, 7) is 4.91. The third kappa shape index (κ3) is 9.38. The lowest BCUT2D eigenvalue weighted by Crippen LogP contribution is -2.06. The summed E-state index contributed by atoms with van der Waals surface area (Å²) in [6.07, 6.45) is 12.7. The van der Waals surface area contributed by atoms with Gasteiger partial charge in [0, 0.05) is 4.90 Å². The van der Waals surface area contributed by atoms with Crippen molar-refractivity contribution in [1.29, 1.82) is 0 Å². The number of hydrogen-bond acceptors (Lipinski definition) is 3. The van der Waals surface area contributed by atoms with Crippen LogP contribution in [0.15, 0.2) is 53.4 Å². The van der Waals surface area contributed by atoms with Crippen LogP contribution >= 0.6 is 11.8 Å². The van der Waals surface area contributed by atoms with Crippen LogP contribution in [0.2, 0.25) is 0 Å². The van der Waals surface area contributed by atoms with Gasteiger partial charge in [-0.25, -0.2) is 4.79 Å². The molecule has 0 bridgehead atoms. The van der Waals surface area contributed by atoms with Gasteiger partial charge in [-0.2, -0.15) is 0 Å². The molecule has 0 N–H and O–H groups in total. The van der Waals surface area contributed by atoms with Crippen molar-refractivity contribution in [3.8, 4) is 11.1 Å². The standard InChI is InChI=1S/C27H38O2S/c1-3-5-7-8-9-10-12-22-30-26-19-17-24(18-20-26)23-13-15-25(16-14-23)27(28)29-21-11-6-4-2/h13-20H,3-12,21-22H2,1-2H3. The molecule has 0 amide bonds. The number of ether oxygens (including phenoxy) is 1. The minimum absolute atomic E-state index is 0.227. The van der Waals surface area contributed by atoms with Crippen LogP contribution in [0.5, 0.6) is 0 Å². The Labute approximate surface area is 187 Å². The van der Waals surface area contributed by atoms with Crippen LogP contribution in [0.1, 0.15) is 88.4 Å². The summed E-state index contributed by atoms with van der Waals surface area (Å²) < 4.78 is 5.33. The van der Waals surface area contributed by atoms with Crippen molar-refractivity contribution >= 4 is 17.7 Å². The Morgan fingerprint density at radius 2 is 1.23 bits per heavy atom. The van der Waals surface area contributed by atoms with Crippen molar-refractivity contribution in [1.82, 2.24) is 0 Å². The second kappa shape index (κ2) is 15.1. The Balaban J connectivity index is 1.73. The first-order chi connectivity index (χ1) is 14.7. The van der Waals surface area contributed by atoms with Gasteiger partial charge in [-0.05, 0) is 54.0 Å². The van der Waals surface area contributed by atoms with E-state index in [4.69, 9.17) is 4.74 Å². The molecule has 0 spiro atoms. The van der Waals surface area contributed by atoms with Gasteiger partial charge in [-0.1, -0.05) is 89.5 Å². The average Bonchev–Trinajstić information content (AvgIpc) is 2.79. The van der Waals surface area contributed by atoms with E-state index >= 15 is 0 Å². The predicted octanol–water partition coefficient (Wildman–Crippen LogP) is 8.54. The lowest BCUT2D eigenvalue weighted by molar-refractivity contribution is 0.0498. The van der Waals surface area contributed by atoms with Gasteiger partial charge in [-0.3, -0.25) is 0 Å². The fraction of sp³-hybridized carbons (Fsp3) is 0.519. The number of benzene rings is 2. The first-order valence-corrected chi connectivity index (χ1v) is 12.7. The molecule has 30 heavy (non-hydrogen) atoms. The van der Waals surface area contributed by atoms with Crippen LogP contribution in [-0.4, -0.2) is 18.3 Å². The molecule has 0 aliphatic carbocycles. The minimum atomic E-state index is -0.227. The zero-order chi connectivity index (χ0) is 21.4. The quantitative estimate of drug-likeness (QED) is 0.162. The van der Waals surface area contributed by atoms with Gasteiger partial charge in [0.05, 0.1) is 12.2 Å². The SMILES string of the molecule is CCCCCCCCCSc1ccc(-c2ccc(C(=O)OCCCCC)cc2)cc1. The van der Waals surface area contributed by atoms with Gasteiger partial charge in [0.2, 0.25) is 0 Å². The number of hydrogen-bond donors (Lipinski definition) is 0. The normalized spacial score (nSPS) is 10.9. The molecular formula is C27H38O2S. The molecule has 0 aromatic heterocycles. The van der Waals surface area contributed by atoms with Crippen LogP contribution in [-0.2, 0) is 4.74 Å². The zero-order valence-electron chi connectivity index (χ0n) is 18.8. The predicted molar refractivity (Wildman–Crippen MR) is 130 cm³/mol. The van der Waals surface area contributed by atoms with Crippen molar-refractivity contribution in [2.45, 2.75) is 83.0 Å². The van der Waals surface area contributed by atoms with Gasteiger partial charge in [0.25, 0.3) is 0 Å². The lowest BCUT2D eigenvalue weighted by Gasteiger charge is -2.07. The van der Waals surface area contributed by atoms with Gasteiger partial charge in [0.1, 0.15) is 0 Å². The van der Waals surface area contributed by atoms with Gasteiger partial charge >= 0.3 is 5.97 Å². The summed E-state index contributed by atoms with van der Waals surface area (Å²) >= 11 is 1.95. The van der Waals surface area contributed by atoms with Crippen LogP contribution < -0.4 is 0 Å². The first-order valence-electron chi connectivity index (χ1n) is 11.7. The summed E-state index contributed by atoms with van der Waals surface area (Å²) in [5.41, 5.74) is 2.93. The molecule has 0 unspecified atom stereocenters. The zero-order valence-corrected chi connectivity index (χ0v) is 19.6. The van der Waals surface area contributed by atoms with E-state index in [2.05, 4.69) is 38.1 Å². The number of unbranched alkanes of at least 4 members (excludes halogenated alkanes) is 8. The molecular weight excluding hydrogens is 388 g/mol. The summed E-state index contributed by atoms with van der Waals surface area (Å²) in [6, 6.07) is 16.5. The molecule has 0 radical (unpaired) electrons. The van der Waals surface area contributed by atoms with Crippen molar-refractivity contribution in [2.75, 3.05) is 12.4 Å². The smallest absolute Gasteiger partial charge is 0.338 e. The summed E-state index contributed by atoms with van der Waals surface area (Å²) in [5, 5.41) is 0. The molecule has 0 aliphatic heterocycles. The maximum atomic E-state index is 12.1. The Bertz CT molecular complexity index is 707. The molecule has 2 nitrogen and oxygen atoms in total. The summed E-state index contributed by atoms with van der Waals surface area (Å²) in [4.78, 5) is 13.4. The first kappa shape index (κ1) is 24.5. The van der Waals surface area contributed by atoms with Gasteiger partial charge < -0.3 is 4.74 Å². The van der Waals surface area contributed by atoms with Crippen LogP contribution in [0.3, 0.4) is 0 Å². The third-order valence-corrected chi connectivity index (χ3v) is 6.40. The van der Waals surface area contributed by atoms with Crippen molar-refractivity contribution in [3.63, 3.8) is 0 Å². The van der Waals surface area contributed by atoms with E-state index in [0.29, 0.717) is 12.2 Å². The minimum Gasteiger partial charge on any atom is -0.462 e. The average molecular weight is 427 g/mol. The number of carbonyl (C=O) groups is 1. The summed E-state index contributed by atoms with van der Waals surface area (Å²) in [5.74, 6) is 0.970. The molecule has 2 aromatic rings. The molecule has 0 saturated heterocycles. The van der Waals surface area contributed by atoms with E-state index in [-0.39, 0.29) is 5.97 Å². The van der Waals surface area contributed by atoms with E-state index < -0.39 is 0 Å². The number of esters is 1. The lowest BCUT2D eigenvalue weighted by atomic mass is 10.0. The van der Waals surface area contributed by atoms with Crippen LogP contribution in [0.4, 0.5) is 0 Å². The largest absolute Gasteiger partial charge is 0.462 e. The molecule has 3 heteroatoms. The highest BCUT2D eigenvalue weighted by molar-refractivity contribution is 7.99. The highest BCUT2D eigenvalue weighted by Crippen LogP contribution is 2.25. The second-order valence-corrected chi connectivity index (χ2v) is 9.08. The monoisotopic (exact) mass is 426 g/mol. The van der Waals surface area contributed by atoms with Crippen molar-refractivity contribution < 1.29 is 9.53 Å². The Hall–Kier alpha value is -1.74. The number of carbonyl (C=O) groups excluding carboxylic acids is 1. The molecule has 0 saturated carbocycles. The van der Waals surface area contributed by atoms with Crippen LogP contribution in [0.25, 0.3) is 11.1 Å². The maximum absolute atomic E-state index is 12.1. The van der Waals surface area contributed by atoms with E-state index in [0.717, 1.165) is 24.8 Å². The van der Waals surface area contributed by atoms with E-state index in [1.165, 1.54) is 61.2 Å². The van der Waals surface area contributed by atoms with E-state index in [9.17, 15) is 4.79 Å². The third-order valence-electron chi connectivity index (χ3n) is 5.31. The molecule has 0 aliphatic rings. The molecule has 164 valence electrons. The van der Waals surface area contributed by atoms with Crippen LogP contribution in [0, 0.1) is 0 Å². The Morgan fingerprint density at radius 3 is 1.87 bits per heavy atom. The van der Waals surface area contributed by atoms with E-state index in [1.54, 1.807) is 0 Å². The fourth-order valence-corrected chi connectivity index (χ4v) is 4.30. The highest BCUT2D eigenvalue weighted by atomic mass is 32.2. The maximum Gasteiger partial charge on any atom is 0.338 e. The summed E-state index contributed by atoms with van der Waals surface area (Å²) in [7, 11) is 0. The van der Waals surface area contributed by atoms with Gasteiger partial charge in [-0.15, -0.1) is 11.8 Å². The topological polar surface area (TPSA) is 26.3 Å². The molecule has 0 atom stereocenters. The molecule has 0 fully saturated rings. The second-order valence-electron chi connectivity index (χ2n) is 7.91. The van der Waals surface area contributed by atoms with Crippen molar-refractivity contribution in [2.24, 2.45) is 0 Å². The van der Waals surface area contributed by atoms with E-state index in [1.807, 2.05) is 36.0 Å². The Kier molecular flexibility index (Phi) is 12.4. The molecule has 2 aromatic carbocycles. The Morgan fingerprint density at radius 1 is 0.700 bits per heavy atom. The number of thioether (sulfide) groups is 1. The van der Waals surface area contributed by atoms with Gasteiger partial charge in [0.15, 0.2) is 0 Å². The van der Waals surface area contributed by atoms with Crippen molar-refractivity contribution in [3.05, 3.63) is 54.1 Å². The number of rotatable bonds is 15. The molecule has 2 rings (SSSR count). The highest BCUT2D eigenvalue weighted by Gasteiger charge is 2.07. The fourth-order valence-electron chi connectivity index (χ4n) is 3.39. The molecule has 0 heterocycles.